The number of β-lactam (4-membered cyclic amide) rings is 1. The molecule has 2 aliphatic heterocycles. The molecule has 0 unspecified atom stereocenters. The van der Waals surface area contributed by atoms with Crippen molar-refractivity contribution in [3.8, 4) is 16.9 Å². The number of carbonyl (C=O) groups is 1. The molecular formula is C36H36ClNO8. The first-order valence-electron chi connectivity index (χ1n) is 15.2. The van der Waals surface area contributed by atoms with Crippen LogP contribution in [-0.4, -0.2) is 67.6 Å². The van der Waals surface area contributed by atoms with Crippen LogP contribution < -0.4 is 4.90 Å². The molecule has 6 N–H and O–H groups in total. The Balaban J connectivity index is 1.30. The molecule has 6 rings (SSSR count). The number of aliphatic hydroxyl groups excluding tert-OH is 5. The summed E-state index contributed by atoms with van der Waals surface area (Å²) in [6, 6.07) is 28.0. The number of anilines is 1. The van der Waals surface area contributed by atoms with Gasteiger partial charge in [0.25, 0.3) is 0 Å². The second-order valence-electron chi connectivity index (χ2n) is 11.9. The lowest BCUT2D eigenvalue weighted by Crippen LogP contribution is -2.55. The topological polar surface area (TPSA) is 151 Å². The molecule has 9 nitrogen and oxygen atoms in total. The van der Waals surface area contributed by atoms with Crippen molar-refractivity contribution in [2.45, 2.75) is 55.5 Å². The van der Waals surface area contributed by atoms with Gasteiger partial charge in [0, 0.05) is 16.3 Å². The van der Waals surface area contributed by atoms with Gasteiger partial charge in [-0.05, 0) is 65.4 Å². The number of halogens is 1. The van der Waals surface area contributed by atoms with E-state index in [0.717, 1.165) is 5.69 Å². The van der Waals surface area contributed by atoms with E-state index in [4.69, 9.17) is 16.3 Å². The highest BCUT2D eigenvalue weighted by Gasteiger charge is 2.49. The van der Waals surface area contributed by atoms with Crippen LogP contribution in [0.3, 0.4) is 0 Å². The van der Waals surface area contributed by atoms with E-state index in [2.05, 4.69) is 0 Å². The summed E-state index contributed by atoms with van der Waals surface area (Å²) in [7, 11) is 0. The summed E-state index contributed by atoms with van der Waals surface area (Å²) in [5.41, 5.74) is 3.57. The molecule has 2 saturated heterocycles. The smallest absolute Gasteiger partial charge is 0.233 e. The first-order chi connectivity index (χ1) is 22.2. The van der Waals surface area contributed by atoms with E-state index in [1.807, 2.05) is 36.4 Å². The van der Waals surface area contributed by atoms with Gasteiger partial charge < -0.3 is 40.3 Å². The molecule has 46 heavy (non-hydrogen) atoms. The lowest BCUT2D eigenvalue weighted by Gasteiger charge is -2.48. The van der Waals surface area contributed by atoms with Crippen LogP contribution >= 0.6 is 11.6 Å². The molecule has 1 amide bonds. The third kappa shape index (κ3) is 6.03. The molecule has 240 valence electrons. The van der Waals surface area contributed by atoms with Gasteiger partial charge in [0.1, 0.15) is 36.3 Å². The molecule has 0 radical (unpaired) electrons. The number of hydrogen-bond acceptors (Lipinski definition) is 8. The summed E-state index contributed by atoms with van der Waals surface area (Å²) in [5, 5.41) is 64.0. The minimum absolute atomic E-state index is 0.0677. The van der Waals surface area contributed by atoms with Crippen molar-refractivity contribution >= 4 is 23.2 Å². The highest BCUT2D eigenvalue weighted by molar-refractivity contribution is 6.30. The summed E-state index contributed by atoms with van der Waals surface area (Å²) in [5.74, 6) is -0.577. The number of aliphatic hydroxyl groups is 5. The average Bonchev–Trinajstić information content (AvgIpc) is 3.07. The number of phenolic OH excluding ortho intramolecular Hbond substituents is 1. The molecule has 4 aromatic carbocycles. The van der Waals surface area contributed by atoms with Gasteiger partial charge in [0.15, 0.2) is 0 Å². The van der Waals surface area contributed by atoms with Crippen molar-refractivity contribution in [3.05, 3.63) is 119 Å². The zero-order valence-corrected chi connectivity index (χ0v) is 25.6. The van der Waals surface area contributed by atoms with E-state index < -0.39 is 55.2 Å². The Hall–Kier alpha value is -3.80. The first-order valence-corrected chi connectivity index (χ1v) is 15.6. The number of phenols is 1. The fourth-order valence-corrected chi connectivity index (χ4v) is 6.71. The van der Waals surface area contributed by atoms with Crippen LogP contribution in [0.15, 0.2) is 97.1 Å². The van der Waals surface area contributed by atoms with Gasteiger partial charge in [-0.25, -0.2) is 0 Å². The zero-order valence-electron chi connectivity index (χ0n) is 24.8. The van der Waals surface area contributed by atoms with E-state index in [1.165, 1.54) is 0 Å². The van der Waals surface area contributed by atoms with Gasteiger partial charge in [-0.2, -0.15) is 0 Å². The molecule has 2 aliphatic rings. The van der Waals surface area contributed by atoms with Gasteiger partial charge in [0.05, 0.1) is 24.7 Å². The largest absolute Gasteiger partial charge is 0.507 e. The van der Waals surface area contributed by atoms with Crippen molar-refractivity contribution in [3.63, 3.8) is 0 Å². The Labute approximate surface area is 271 Å². The number of ether oxygens (including phenoxy) is 1. The van der Waals surface area contributed by atoms with Gasteiger partial charge in [-0.15, -0.1) is 0 Å². The predicted molar refractivity (Wildman–Crippen MR) is 172 cm³/mol. The minimum atomic E-state index is -1.55. The molecule has 8 atom stereocenters. The minimum Gasteiger partial charge on any atom is -0.507 e. The molecule has 2 fully saturated rings. The number of aromatic hydroxyl groups is 1. The molecule has 2 heterocycles. The van der Waals surface area contributed by atoms with Crippen LogP contribution in [0.25, 0.3) is 11.1 Å². The number of rotatable bonds is 9. The number of para-hydroxylation sites is 1. The van der Waals surface area contributed by atoms with Gasteiger partial charge in [0.2, 0.25) is 5.91 Å². The van der Waals surface area contributed by atoms with Gasteiger partial charge in [-0.1, -0.05) is 78.3 Å². The fourth-order valence-electron chi connectivity index (χ4n) is 6.59. The van der Waals surface area contributed by atoms with Crippen molar-refractivity contribution in [2.75, 3.05) is 11.5 Å². The van der Waals surface area contributed by atoms with Crippen LogP contribution in [0.5, 0.6) is 5.75 Å². The highest BCUT2D eigenvalue weighted by atomic mass is 35.5. The Morgan fingerprint density at radius 2 is 1.52 bits per heavy atom. The predicted octanol–water partition coefficient (Wildman–Crippen LogP) is 4.45. The molecule has 0 aliphatic carbocycles. The highest BCUT2D eigenvalue weighted by Crippen LogP contribution is 2.48. The Kier molecular flexibility index (Phi) is 9.44. The van der Waals surface area contributed by atoms with Crippen molar-refractivity contribution in [1.82, 2.24) is 0 Å². The van der Waals surface area contributed by atoms with Gasteiger partial charge >= 0.3 is 0 Å². The Morgan fingerprint density at radius 3 is 2.22 bits per heavy atom. The normalized spacial score (nSPS) is 26.9. The van der Waals surface area contributed by atoms with E-state index in [1.54, 1.807) is 65.6 Å². The number of hydrogen-bond donors (Lipinski definition) is 6. The average molecular weight is 646 g/mol. The molecular weight excluding hydrogens is 610 g/mol. The maximum Gasteiger partial charge on any atom is 0.233 e. The molecule has 0 saturated carbocycles. The fraction of sp³-hybridized carbons (Fsp3) is 0.306. The van der Waals surface area contributed by atoms with Gasteiger partial charge in [-0.3, -0.25) is 4.79 Å². The summed E-state index contributed by atoms with van der Waals surface area (Å²) in [6.45, 7) is -0.556. The standard InChI is InChI=1S/C36H36ClNO8/c37-22-13-10-20(11-14-22)28(40)17-16-27-31(38(36(27)45)23-6-2-1-3-7-23)21-12-15-25(29(41)18-21)24-8-4-5-9-26(24)35-34(44)33(43)32(42)30(19-39)46-35/h1-15,18,27-28,30-35,39-44H,16-17,19H2/t27-,28+,30-,31-,32-,33+,34-,35+/m1/s1. The van der Waals surface area contributed by atoms with Crippen LogP contribution in [0.1, 0.15) is 47.8 Å². The second kappa shape index (κ2) is 13.5. The van der Waals surface area contributed by atoms with Crippen molar-refractivity contribution in [1.29, 1.82) is 0 Å². The summed E-state index contributed by atoms with van der Waals surface area (Å²) in [6.07, 6.45) is -6.68. The quantitative estimate of drug-likeness (QED) is 0.146. The number of amides is 1. The lowest BCUT2D eigenvalue weighted by molar-refractivity contribution is -0.231. The monoisotopic (exact) mass is 645 g/mol. The van der Waals surface area contributed by atoms with E-state index in [-0.39, 0.29) is 11.7 Å². The van der Waals surface area contributed by atoms with Crippen molar-refractivity contribution in [2.24, 2.45) is 5.92 Å². The maximum absolute atomic E-state index is 13.5. The number of nitrogens with zero attached hydrogens (tertiary/aromatic N) is 1. The van der Waals surface area contributed by atoms with Crippen LogP contribution in [-0.2, 0) is 9.53 Å². The van der Waals surface area contributed by atoms with Crippen LogP contribution in [0, 0.1) is 5.92 Å². The van der Waals surface area contributed by atoms with Crippen LogP contribution in [0.2, 0.25) is 5.02 Å². The molecule has 10 heteroatoms. The first kappa shape index (κ1) is 32.2. The molecule has 0 spiro atoms. The summed E-state index contributed by atoms with van der Waals surface area (Å²) in [4.78, 5) is 15.2. The number of carbonyl (C=O) groups excluding carboxylic acids is 1. The number of benzene rings is 4. The third-order valence-corrected chi connectivity index (χ3v) is 9.32. The van der Waals surface area contributed by atoms with Crippen LogP contribution in [0.4, 0.5) is 5.69 Å². The zero-order chi connectivity index (χ0) is 32.5. The van der Waals surface area contributed by atoms with E-state index in [0.29, 0.717) is 45.7 Å². The maximum atomic E-state index is 13.5. The molecule has 0 aromatic heterocycles. The second-order valence-corrected chi connectivity index (χ2v) is 12.3. The lowest BCUT2D eigenvalue weighted by atomic mass is 9.77. The summed E-state index contributed by atoms with van der Waals surface area (Å²) < 4.78 is 5.82. The Morgan fingerprint density at radius 1 is 0.826 bits per heavy atom. The summed E-state index contributed by atoms with van der Waals surface area (Å²) >= 11 is 6.00. The van der Waals surface area contributed by atoms with E-state index in [9.17, 15) is 35.4 Å². The Bertz CT molecular complexity index is 1670. The molecule has 0 bridgehead atoms. The van der Waals surface area contributed by atoms with E-state index >= 15 is 0 Å². The third-order valence-electron chi connectivity index (χ3n) is 9.07. The van der Waals surface area contributed by atoms with Crippen molar-refractivity contribution < 1.29 is 40.2 Å². The SMILES string of the molecule is O=C1[C@H](CC[C@H](O)c2ccc(Cl)cc2)[C@@H](c2ccc(-c3ccccc3[C@@H]3O[C@H](CO)[C@@H](O)[C@H](O)[C@H]3O)c(O)c2)N1c1ccccc1. The molecule has 4 aromatic rings.